The van der Waals surface area contributed by atoms with Crippen LogP contribution in [0, 0.1) is 0 Å². The lowest BCUT2D eigenvalue weighted by Crippen LogP contribution is -2.53. The van der Waals surface area contributed by atoms with Gasteiger partial charge >= 0.3 is 0 Å². The maximum absolute atomic E-state index is 12.8. The maximum atomic E-state index is 12.8. The topological polar surface area (TPSA) is 50.7 Å². The summed E-state index contributed by atoms with van der Waals surface area (Å²) < 4.78 is 5.80. The molecule has 1 aromatic carbocycles. The molecule has 1 fully saturated rings. The van der Waals surface area contributed by atoms with Gasteiger partial charge in [-0.3, -0.25) is 4.79 Å². The molecule has 0 aromatic heterocycles. The van der Waals surface area contributed by atoms with Crippen molar-refractivity contribution in [3.8, 4) is 0 Å². The van der Waals surface area contributed by atoms with E-state index < -0.39 is 11.6 Å². The normalized spacial score (nSPS) is 29.6. The van der Waals surface area contributed by atoms with Crippen LogP contribution < -0.4 is 5.32 Å². The number of nitrogens with zero attached hydrogens (tertiary/aromatic N) is 1. The summed E-state index contributed by atoms with van der Waals surface area (Å²) in [7, 11) is 1.85. The highest BCUT2D eigenvalue weighted by atomic mass is 35.5. The van der Waals surface area contributed by atoms with Crippen LogP contribution in [-0.2, 0) is 15.1 Å². The van der Waals surface area contributed by atoms with Crippen LogP contribution in [0.3, 0.4) is 0 Å². The van der Waals surface area contributed by atoms with Gasteiger partial charge in [0.05, 0.1) is 6.04 Å². The first kappa shape index (κ1) is 14.5. The van der Waals surface area contributed by atoms with Crippen molar-refractivity contribution in [1.82, 2.24) is 5.32 Å². The largest absolute Gasteiger partial charge is 0.468 e. The summed E-state index contributed by atoms with van der Waals surface area (Å²) >= 11 is 6.35. The molecule has 0 spiro atoms. The third kappa shape index (κ3) is 2.27. The minimum atomic E-state index is -0.875. The van der Waals surface area contributed by atoms with E-state index in [4.69, 9.17) is 21.3 Å². The van der Waals surface area contributed by atoms with Crippen molar-refractivity contribution in [1.29, 1.82) is 0 Å². The predicted octanol–water partition coefficient (Wildman–Crippen LogP) is 2.69. The van der Waals surface area contributed by atoms with Crippen LogP contribution in [0.5, 0.6) is 0 Å². The monoisotopic (exact) mass is 306 g/mol. The number of aliphatic imine (C=N–C) groups is 1. The zero-order valence-electron chi connectivity index (χ0n) is 12.2. The second-order valence-corrected chi connectivity index (χ2v) is 6.07. The molecule has 3 atom stereocenters. The van der Waals surface area contributed by atoms with Crippen LogP contribution in [0.15, 0.2) is 29.3 Å². The minimum Gasteiger partial charge on any atom is -0.468 e. The number of ketones is 1. The molecular weight excluding hydrogens is 288 g/mol. The maximum Gasteiger partial charge on any atom is 0.205 e. The van der Waals surface area contributed by atoms with Crippen molar-refractivity contribution in [2.24, 2.45) is 4.99 Å². The molecule has 21 heavy (non-hydrogen) atoms. The number of halogens is 1. The highest BCUT2D eigenvalue weighted by Gasteiger charge is 2.52. The Labute approximate surface area is 129 Å². The number of nitrogens with one attached hydrogen (secondary N) is 1. The van der Waals surface area contributed by atoms with Gasteiger partial charge in [-0.15, -0.1) is 0 Å². The molecule has 2 bridgehead atoms. The zero-order chi connectivity index (χ0) is 15.0. The molecule has 2 unspecified atom stereocenters. The molecule has 0 amide bonds. The molecule has 1 saturated carbocycles. The Morgan fingerprint density at radius 3 is 2.95 bits per heavy atom. The van der Waals surface area contributed by atoms with Gasteiger partial charge < -0.3 is 10.1 Å². The van der Waals surface area contributed by atoms with Crippen molar-refractivity contribution in [3.05, 3.63) is 34.9 Å². The molecule has 5 heteroatoms. The molecule has 1 aliphatic carbocycles. The van der Waals surface area contributed by atoms with Gasteiger partial charge in [-0.2, -0.15) is 0 Å². The van der Waals surface area contributed by atoms with E-state index in [2.05, 4.69) is 5.32 Å². The third-order valence-electron chi connectivity index (χ3n) is 4.39. The molecule has 2 aliphatic rings. The molecule has 0 radical (unpaired) electrons. The van der Waals surface area contributed by atoms with Crippen LogP contribution in [-0.4, -0.2) is 30.9 Å². The fourth-order valence-electron chi connectivity index (χ4n) is 3.09. The number of rotatable bonds is 3. The number of hydrogen-bond acceptors (Lipinski definition) is 4. The lowest BCUT2D eigenvalue weighted by molar-refractivity contribution is -0.137. The summed E-state index contributed by atoms with van der Waals surface area (Å²) in [5.41, 5.74) is -0.0783. The summed E-state index contributed by atoms with van der Waals surface area (Å²) in [6, 6.07) is 7.46. The molecule has 1 N–H and O–H groups in total. The number of carbonyl (C=O) groups is 1. The molecule has 1 aliphatic heterocycles. The highest BCUT2D eigenvalue weighted by Crippen LogP contribution is 2.44. The fraction of sp³-hybridized carbons (Fsp3) is 0.500. The van der Waals surface area contributed by atoms with E-state index in [0.717, 1.165) is 18.4 Å². The predicted molar refractivity (Wildman–Crippen MR) is 82.8 cm³/mol. The first-order valence-electron chi connectivity index (χ1n) is 7.31. The minimum absolute atomic E-state index is 0.0273. The number of fused-ring (bicyclic) bond motifs is 2. The van der Waals surface area contributed by atoms with E-state index in [1.54, 1.807) is 0 Å². The molecule has 1 heterocycles. The Bertz CT molecular complexity index is 602. The average molecular weight is 307 g/mol. The van der Waals surface area contributed by atoms with Crippen LogP contribution in [0.4, 0.5) is 0 Å². The summed E-state index contributed by atoms with van der Waals surface area (Å²) in [6.45, 7) is 1.98. The Morgan fingerprint density at radius 2 is 2.24 bits per heavy atom. The summed E-state index contributed by atoms with van der Waals surface area (Å²) in [6.07, 6.45) is 1.95. The smallest absolute Gasteiger partial charge is 0.205 e. The van der Waals surface area contributed by atoms with E-state index in [0.29, 0.717) is 17.3 Å². The number of Topliss-reactive ketones (excluding diaryl/α,β-unsaturated/α-hetero) is 1. The van der Waals surface area contributed by atoms with Crippen LogP contribution in [0.2, 0.25) is 5.02 Å². The van der Waals surface area contributed by atoms with Gasteiger partial charge in [-0.25, -0.2) is 4.99 Å². The van der Waals surface area contributed by atoms with Crippen LogP contribution >= 0.6 is 11.6 Å². The molecular formula is C16H19ClN2O2. The van der Waals surface area contributed by atoms with Gasteiger partial charge in [0.1, 0.15) is 0 Å². The molecule has 0 saturated heterocycles. The Hall–Kier alpha value is -1.39. The van der Waals surface area contributed by atoms with Crippen molar-refractivity contribution in [2.45, 2.75) is 43.9 Å². The van der Waals surface area contributed by atoms with E-state index in [-0.39, 0.29) is 11.8 Å². The quantitative estimate of drug-likeness (QED) is 0.934. The van der Waals surface area contributed by atoms with E-state index in [1.165, 1.54) is 0 Å². The van der Waals surface area contributed by atoms with E-state index in [9.17, 15) is 4.79 Å². The van der Waals surface area contributed by atoms with E-state index >= 15 is 0 Å². The fourth-order valence-corrected chi connectivity index (χ4v) is 3.39. The van der Waals surface area contributed by atoms with Crippen LogP contribution in [0.1, 0.15) is 31.7 Å². The summed E-state index contributed by atoms with van der Waals surface area (Å²) in [4.78, 5) is 17.5. The summed E-state index contributed by atoms with van der Waals surface area (Å²) in [5.74, 6) is 0.635. The van der Waals surface area contributed by atoms with Gasteiger partial charge in [0.15, 0.2) is 11.6 Å². The number of carbonyl (C=O) groups excluding carboxylic acids is 1. The van der Waals surface area contributed by atoms with Crippen molar-refractivity contribution < 1.29 is 9.53 Å². The first-order chi connectivity index (χ1) is 10.1. The SMILES string of the molecule is CNC(C)C1=NC2(c3ccccc3Cl)CCC[C@H](O1)C2=O. The number of benzene rings is 1. The lowest BCUT2D eigenvalue weighted by Gasteiger charge is -2.42. The number of hydrogen-bond donors (Lipinski definition) is 1. The first-order valence-corrected chi connectivity index (χ1v) is 7.69. The van der Waals surface area contributed by atoms with Gasteiger partial charge in [-0.05, 0) is 39.3 Å². The van der Waals surface area contributed by atoms with Gasteiger partial charge in [0.2, 0.25) is 11.7 Å². The molecule has 112 valence electrons. The molecule has 4 nitrogen and oxygen atoms in total. The lowest BCUT2D eigenvalue weighted by atomic mass is 9.74. The zero-order valence-corrected chi connectivity index (χ0v) is 13.0. The van der Waals surface area contributed by atoms with Crippen molar-refractivity contribution in [3.63, 3.8) is 0 Å². The second kappa shape index (κ2) is 5.43. The van der Waals surface area contributed by atoms with Gasteiger partial charge in [0.25, 0.3) is 0 Å². The average Bonchev–Trinajstić information content (AvgIpc) is 2.47. The molecule has 3 rings (SSSR count). The van der Waals surface area contributed by atoms with Crippen LogP contribution in [0.25, 0.3) is 0 Å². The summed E-state index contributed by atoms with van der Waals surface area (Å²) in [5, 5.41) is 3.71. The second-order valence-electron chi connectivity index (χ2n) is 5.66. The Morgan fingerprint density at radius 1 is 1.48 bits per heavy atom. The Balaban J connectivity index is 2.16. The van der Waals surface area contributed by atoms with Gasteiger partial charge in [0, 0.05) is 10.6 Å². The number of ether oxygens (including phenoxy) is 1. The molecule has 1 aromatic rings. The third-order valence-corrected chi connectivity index (χ3v) is 4.72. The van der Waals surface area contributed by atoms with Gasteiger partial charge in [-0.1, -0.05) is 29.8 Å². The van der Waals surface area contributed by atoms with Crippen molar-refractivity contribution >= 4 is 23.3 Å². The van der Waals surface area contributed by atoms with E-state index in [1.807, 2.05) is 38.2 Å². The van der Waals surface area contributed by atoms with Crippen molar-refractivity contribution in [2.75, 3.05) is 7.05 Å². The Kier molecular flexibility index (Phi) is 3.76. The highest BCUT2D eigenvalue weighted by molar-refractivity contribution is 6.32. The standard InChI is InChI=1S/C16H19ClN2O2/c1-10(18-2)15-19-16(11-6-3-4-7-12(11)17)9-5-8-13(21-15)14(16)20/h3-4,6-7,10,13,18H,5,8-9H2,1-2H3/t10?,13-,16?/m0/s1. The number of likely N-dealkylation sites (N-methyl/N-ethyl adjacent to an activating group) is 1.